The lowest BCUT2D eigenvalue weighted by Gasteiger charge is -2.40. The molecule has 0 bridgehead atoms. The van der Waals surface area contributed by atoms with E-state index in [1.165, 1.54) is 34.0 Å². The molecule has 3 aliphatic heterocycles. The molecule has 1 amide bonds. The molecule has 1 aromatic heterocycles. The molecule has 0 aliphatic carbocycles. The highest BCUT2D eigenvalue weighted by Gasteiger charge is 2.32. The van der Waals surface area contributed by atoms with Gasteiger partial charge in [0.05, 0.1) is 12.2 Å². The van der Waals surface area contributed by atoms with E-state index >= 15 is 0 Å². The lowest BCUT2D eigenvalue weighted by molar-refractivity contribution is -0.136. The Kier molecular flexibility index (Phi) is 8.75. The van der Waals surface area contributed by atoms with E-state index in [-0.39, 0.29) is 17.9 Å². The topological polar surface area (TPSA) is 65.0 Å². The van der Waals surface area contributed by atoms with Crippen molar-refractivity contribution in [3.63, 3.8) is 0 Å². The van der Waals surface area contributed by atoms with Crippen molar-refractivity contribution in [2.45, 2.75) is 77.9 Å². The first kappa shape index (κ1) is 29.7. The van der Waals surface area contributed by atoms with Crippen LogP contribution < -0.4 is 14.5 Å². The summed E-state index contributed by atoms with van der Waals surface area (Å²) in [5, 5.41) is 2.60. The average Bonchev–Trinajstić information content (AvgIpc) is 3.46. The number of likely N-dealkylation sites (tertiary alicyclic amines) is 1. The SMILES string of the molecule is CCC(C)C(=O)N(C)C1CCN(c2nc(OC[C@@H]3CCCN3C)nc3c2CCN(c2cccc4cccc(C)c24)C3)CC1. The Morgan fingerprint density at radius 2 is 1.81 bits per heavy atom. The molecule has 1 unspecified atom stereocenters. The largest absolute Gasteiger partial charge is 0.462 e. The number of likely N-dealkylation sites (N-methyl/N-ethyl adjacent to an activating group) is 1. The van der Waals surface area contributed by atoms with Crippen molar-refractivity contribution >= 4 is 28.2 Å². The number of carbonyl (C=O) groups is 1. The van der Waals surface area contributed by atoms with Crippen LogP contribution in [0.1, 0.15) is 62.8 Å². The number of anilines is 2. The molecule has 230 valence electrons. The molecule has 2 saturated heterocycles. The number of nitrogens with zero attached hydrogens (tertiary/aromatic N) is 6. The third-order valence-corrected chi connectivity index (χ3v) is 10.2. The molecule has 3 aromatic rings. The predicted molar refractivity (Wildman–Crippen MR) is 174 cm³/mol. The minimum absolute atomic E-state index is 0.0731. The van der Waals surface area contributed by atoms with Gasteiger partial charge in [-0.1, -0.05) is 44.2 Å². The zero-order valence-electron chi connectivity index (χ0n) is 26.7. The fourth-order valence-corrected chi connectivity index (χ4v) is 7.22. The van der Waals surface area contributed by atoms with Gasteiger partial charge < -0.3 is 24.3 Å². The third-order valence-electron chi connectivity index (χ3n) is 10.2. The highest BCUT2D eigenvalue weighted by atomic mass is 16.5. The number of aryl methyl sites for hydroxylation is 1. The quantitative estimate of drug-likeness (QED) is 0.349. The molecule has 0 N–H and O–H groups in total. The molecule has 0 radical (unpaired) electrons. The van der Waals surface area contributed by atoms with E-state index in [2.05, 4.69) is 72.0 Å². The van der Waals surface area contributed by atoms with Crippen LogP contribution in [0.5, 0.6) is 6.01 Å². The highest BCUT2D eigenvalue weighted by molar-refractivity contribution is 5.97. The van der Waals surface area contributed by atoms with Crippen LogP contribution in [0.3, 0.4) is 0 Å². The van der Waals surface area contributed by atoms with Gasteiger partial charge >= 0.3 is 6.01 Å². The summed E-state index contributed by atoms with van der Waals surface area (Å²) in [6.07, 6.45) is 6.03. The van der Waals surface area contributed by atoms with E-state index < -0.39 is 0 Å². The summed E-state index contributed by atoms with van der Waals surface area (Å²) in [6, 6.07) is 14.3. The van der Waals surface area contributed by atoms with Crippen molar-refractivity contribution in [2.24, 2.45) is 5.92 Å². The molecule has 3 aliphatic rings. The first-order valence-electron chi connectivity index (χ1n) is 16.3. The van der Waals surface area contributed by atoms with Crippen molar-refractivity contribution in [2.75, 3.05) is 56.7 Å². The fourth-order valence-electron chi connectivity index (χ4n) is 7.22. The number of hydrogen-bond acceptors (Lipinski definition) is 7. The van der Waals surface area contributed by atoms with Crippen LogP contribution >= 0.6 is 0 Å². The maximum Gasteiger partial charge on any atom is 0.318 e. The molecule has 2 fully saturated rings. The fraction of sp³-hybridized carbons (Fsp3) is 0.571. The Balaban J connectivity index is 1.27. The lowest BCUT2D eigenvalue weighted by Crippen LogP contribution is -2.47. The number of aromatic nitrogens is 2. The summed E-state index contributed by atoms with van der Waals surface area (Å²) in [4.78, 5) is 32.3. The van der Waals surface area contributed by atoms with E-state index in [4.69, 9.17) is 14.7 Å². The standard InChI is InChI=1S/C35H48N6O2/c1-6-24(2)34(42)39(5)27-15-19-40(20-16-27)33-29-17-21-41(31-14-8-12-26-11-7-10-25(3)32(26)31)22-30(29)36-35(37-33)43-23-28-13-9-18-38(28)4/h7-8,10-12,14,24,27-28H,6,9,13,15-23H2,1-5H3/t24?,28-/m0/s1. The molecular weight excluding hydrogens is 536 g/mol. The summed E-state index contributed by atoms with van der Waals surface area (Å²) in [7, 11) is 4.16. The Morgan fingerprint density at radius 1 is 1.05 bits per heavy atom. The summed E-state index contributed by atoms with van der Waals surface area (Å²) in [6.45, 7) is 11.5. The summed E-state index contributed by atoms with van der Waals surface area (Å²) < 4.78 is 6.36. The molecule has 2 atom stereocenters. The molecule has 8 heteroatoms. The summed E-state index contributed by atoms with van der Waals surface area (Å²) in [5.41, 5.74) is 4.89. The molecule has 8 nitrogen and oxygen atoms in total. The van der Waals surface area contributed by atoms with E-state index in [1.807, 2.05) is 18.9 Å². The number of rotatable bonds is 8. The monoisotopic (exact) mass is 584 g/mol. The van der Waals surface area contributed by atoms with E-state index in [9.17, 15) is 4.79 Å². The van der Waals surface area contributed by atoms with Crippen LogP contribution in [0.4, 0.5) is 11.5 Å². The predicted octanol–water partition coefficient (Wildman–Crippen LogP) is 5.45. The number of benzene rings is 2. The maximum absolute atomic E-state index is 12.9. The van der Waals surface area contributed by atoms with E-state index in [0.717, 1.165) is 76.3 Å². The van der Waals surface area contributed by atoms with Crippen molar-refractivity contribution in [1.82, 2.24) is 19.8 Å². The summed E-state index contributed by atoms with van der Waals surface area (Å²) >= 11 is 0. The molecule has 0 saturated carbocycles. The van der Waals surface area contributed by atoms with Gasteiger partial charge in [0.15, 0.2) is 0 Å². The first-order chi connectivity index (χ1) is 20.8. The van der Waals surface area contributed by atoms with Crippen molar-refractivity contribution in [1.29, 1.82) is 0 Å². The molecule has 4 heterocycles. The Bertz CT molecular complexity index is 1450. The first-order valence-corrected chi connectivity index (χ1v) is 16.3. The second kappa shape index (κ2) is 12.7. The van der Waals surface area contributed by atoms with Gasteiger partial charge in [-0.2, -0.15) is 9.97 Å². The van der Waals surface area contributed by atoms with Crippen LogP contribution in [0.15, 0.2) is 36.4 Å². The Morgan fingerprint density at radius 3 is 2.53 bits per heavy atom. The zero-order chi connectivity index (χ0) is 30.1. The number of piperidine rings is 1. The van der Waals surface area contributed by atoms with Crippen LogP contribution in [0, 0.1) is 12.8 Å². The van der Waals surface area contributed by atoms with Gasteiger partial charge in [-0.05, 0) is 76.1 Å². The van der Waals surface area contributed by atoms with Gasteiger partial charge in [0.2, 0.25) is 5.91 Å². The van der Waals surface area contributed by atoms with Crippen molar-refractivity contribution < 1.29 is 9.53 Å². The van der Waals surface area contributed by atoms with Crippen molar-refractivity contribution in [3.8, 4) is 6.01 Å². The minimum Gasteiger partial charge on any atom is -0.462 e. The van der Waals surface area contributed by atoms with Gasteiger partial charge in [-0.3, -0.25) is 4.79 Å². The van der Waals surface area contributed by atoms with Crippen LogP contribution in [-0.4, -0.2) is 84.6 Å². The Hall–Kier alpha value is -3.39. The number of fused-ring (bicyclic) bond motifs is 2. The zero-order valence-corrected chi connectivity index (χ0v) is 26.7. The maximum atomic E-state index is 12.9. The van der Waals surface area contributed by atoms with Crippen LogP contribution in [0.25, 0.3) is 10.8 Å². The summed E-state index contributed by atoms with van der Waals surface area (Å²) in [5.74, 6) is 1.36. The number of carbonyl (C=O) groups excluding carboxylic acids is 1. The number of amides is 1. The second-order valence-electron chi connectivity index (χ2n) is 12.9. The molecular formula is C35H48N6O2. The lowest BCUT2D eigenvalue weighted by atomic mass is 9.98. The van der Waals surface area contributed by atoms with Crippen molar-refractivity contribution in [3.05, 3.63) is 53.2 Å². The number of hydrogen-bond donors (Lipinski definition) is 0. The molecule has 0 spiro atoms. The van der Waals surface area contributed by atoms with Crippen LogP contribution in [-0.2, 0) is 17.8 Å². The number of ether oxygens (including phenoxy) is 1. The van der Waals surface area contributed by atoms with Gasteiger partial charge in [0.25, 0.3) is 0 Å². The Labute approximate surface area is 257 Å². The highest BCUT2D eigenvalue weighted by Crippen LogP contribution is 2.36. The molecule has 43 heavy (non-hydrogen) atoms. The van der Waals surface area contributed by atoms with Gasteiger partial charge in [0, 0.05) is 61.3 Å². The average molecular weight is 585 g/mol. The van der Waals surface area contributed by atoms with E-state index in [1.54, 1.807) is 0 Å². The molecule has 6 rings (SSSR count). The molecule has 2 aromatic carbocycles. The minimum atomic E-state index is 0.0731. The second-order valence-corrected chi connectivity index (χ2v) is 12.9. The van der Waals surface area contributed by atoms with Crippen LogP contribution in [0.2, 0.25) is 0 Å². The van der Waals surface area contributed by atoms with Gasteiger partial charge in [0.1, 0.15) is 12.4 Å². The normalized spacial score (nSPS) is 20.3. The third kappa shape index (κ3) is 6.03. The van der Waals surface area contributed by atoms with Gasteiger partial charge in [-0.25, -0.2) is 0 Å². The van der Waals surface area contributed by atoms with E-state index in [0.29, 0.717) is 18.7 Å². The smallest absolute Gasteiger partial charge is 0.318 e. The van der Waals surface area contributed by atoms with Gasteiger partial charge in [-0.15, -0.1) is 0 Å².